The van der Waals surface area contributed by atoms with Gasteiger partial charge in [-0.2, -0.15) is 4.31 Å². The minimum Gasteiger partial charge on any atom is -0.369 e. The van der Waals surface area contributed by atoms with E-state index in [1.807, 2.05) is 55.5 Å². The van der Waals surface area contributed by atoms with Gasteiger partial charge in [0.15, 0.2) is 0 Å². The molecule has 1 fully saturated rings. The fourth-order valence-electron chi connectivity index (χ4n) is 4.77. The summed E-state index contributed by atoms with van der Waals surface area (Å²) in [6, 6.07) is 24.4. The molecule has 0 bridgehead atoms. The van der Waals surface area contributed by atoms with Crippen molar-refractivity contribution in [2.24, 2.45) is 0 Å². The van der Waals surface area contributed by atoms with E-state index < -0.39 is 10.0 Å². The number of sulfonamides is 1. The lowest BCUT2D eigenvalue weighted by Crippen LogP contribution is -2.48. The Hall–Kier alpha value is -3.16. The maximum absolute atomic E-state index is 13.4. The van der Waals surface area contributed by atoms with Crippen LogP contribution in [0.2, 0.25) is 0 Å². The lowest BCUT2D eigenvalue weighted by atomic mass is 10.1. The van der Waals surface area contributed by atoms with Crippen LogP contribution in [0, 0.1) is 0 Å². The number of carbonyl (C=O) groups excluding carboxylic acids is 1. The van der Waals surface area contributed by atoms with Crippen molar-refractivity contribution in [2.45, 2.75) is 24.3 Å². The highest BCUT2D eigenvalue weighted by Gasteiger charge is 2.34. The first-order chi connectivity index (χ1) is 15.9. The van der Waals surface area contributed by atoms with Crippen LogP contribution >= 0.6 is 0 Å². The first kappa shape index (κ1) is 21.7. The number of hydrogen-bond acceptors (Lipinski definition) is 4. The second-order valence-corrected chi connectivity index (χ2v) is 10.5. The van der Waals surface area contributed by atoms with Crippen molar-refractivity contribution in [1.82, 2.24) is 4.31 Å². The number of carbonyl (C=O) groups is 1. The number of benzene rings is 3. The van der Waals surface area contributed by atoms with E-state index >= 15 is 0 Å². The summed E-state index contributed by atoms with van der Waals surface area (Å²) in [5.41, 5.74) is 3.44. The largest absolute Gasteiger partial charge is 0.369 e. The molecule has 1 atom stereocenters. The van der Waals surface area contributed by atoms with Crippen LogP contribution in [-0.2, 0) is 16.4 Å². The van der Waals surface area contributed by atoms with Crippen molar-refractivity contribution in [2.75, 3.05) is 36.0 Å². The molecular weight excluding hydrogens is 434 g/mol. The van der Waals surface area contributed by atoms with Crippen molar-refractivity contribution in [1.29, 1.82) is 0 Å². The first-order valence-electron chi connectivity index (χ1n) is 11.3. The van der Waals surface area contributed by atoms with Crippen LogP contribution in [0.3, 0.4) is 0 Å². The molecule has 2 aliphatic heterocycles. The van der Waals surface area contributed by atoms with Gasteiger partial charge in [0, 0.05) is 49.2 Å². The Labute approximate surface area is 195 Å². The van der Waals surface area contributed by atoms with Gasteiger partial charge in [-0.3, -0.25) is 4.79 Å². The molecule has 6 nitrogen and oxygen atoms in total. The summed E-state index contributed by atoms with van der Waals surface area (Å²) in [4.78, 5) is 17.4. The van der Waals surface area contributed by atoms with Crippen LogP contribution < -0.4 is 9.80 Å². The van der Waals surface area contributed by atoms with E-state index in [0.29, 0.717) is 43.1 Å². The third-order valence-electron chi connectivity index (χ3n) is 6.50. The Morgan fingerprint density at radius 2 is 1.48 bits per heavy atom. The molecule has 170 valence electrons. The van der Waals surface area contributed by atoms with Gasteiger partial charge >= 0.3 is 0 Å². The normalized spacial score (nSPS) is 18.9. The molecule has 2 aliphatic rings. The molecule has 0 spiro atoms. The summed E-state index contributed by atoms with van der Waals surface area (Å²) in [6.45, 7) is 4.21. The van der Waals surface area contributed by atoms with E-state index in [2.05, 4.69) is 4.90 Å². The highest BCUT2D eigenvalue weighted by atomic mass is 32.2. The van der Waals surface area contributed by atoms with Crippen molar-refractivity contribution in [3.05, 3.63) is 90.0 Å². The van der Waals surface area contributed by atoms with Gasteiger partial charge in [0.25, 0.3) is 5.91 Å². The van der Waals surface area contributed by atoms with Gasteiger partial charge < -0.3 is 9.80 Å². The number of anilines is 2. The van der Waals surface area contributed by atoms with Crippen molar-refractivity contribution in [3.63, 3.8) is 0 Å². The minimum absolute atomic E-state index is 0.0277. The van der Waals surface area contributed by atoms with Crippen LogP contribution in [0.4, 0.5) is 11.4 Å². The van der Waals surface area contributed by atoms with Gasteiger partial charge in [-0.05, 0) is 61.4 Å². The summed E-state index contributed by atoms with van der Waals surface area (Å²) in [5, 5.41) is 0. The van der Waals surface area contributed by atoms with E-state index in [-0.39, 0.29) is 11.9 Å². The molecule has 3 aromatic rings. The number of hydrogen-bond donors (Lipinski definition) is 0. The van der Waals surface area contributed by atoms with Gasteiger partial charge in [0.2, 0.25) is 10.0 Å². The minimum atomic E-state index is -3.59. The average Bonchev–Trinajstić information content (AvgIpc) is 3.19. The summed E-state index contributed by atoms with van der Waals surface area (Å²) < 4.78 is 28.3. The molecule has 0 saturated carbocycles. The summed E-state index contributed by atoms with van der Waals surface area (Å²) in [5.74, 6) is -0.0607. The van der Waals surface area contributed by atoms with Crippen molar-refractivity contribution < 1.29 is 13.2 Å². The monoisotopic (exact) mass is 461 g/mol. The molecule has 3 aromatic carbocycles. The predicted molar refractivity (Wildman–Crippen MR) is 130 cm³/mol. The zero-order chi connectivity index (χ0) is 23.0. The maximum atomic E-state index is 13.4. The highest BCUT2D eigenvalue weighted by molar-refractivity contribution is 7.89. The Balaban J connectivity index is 1.35. The smallest absolute Gasteiger partial charge is 0.258 e. The van der Waals surface area contributed by atoms with Gasteiger partial charge in [-0.1, -0.05) is 36.4 Å². The molecule has 1 saturated heterocycles. The number of amides is 1. The molecule has 5 rings (SSSR count). The molecular formula is C26H27N3O3S. The molecule has 33 heavy (non-hydrogen) atoms. The van der Waals surface area contributed by atoms with Crippen molar-refractivity contribution in [3.8, 4) is 0 Å². The average molecular weight is 462 g/mol. The maximum Gasteiger partial charge on any atom is 0.258 e. The second-order valence-electron chi connectivity index (χ2n) is 8.61. The van der Waals surface area contributed by atoms with Gasteiger partial charge in [-0.15, -0.1) is 0 Å². The van der Waals surface area contributed by atoms with Crippen LogP contribution in [0.5, 0.6) is 0 Å². The van der Waals surface area contributed by atoms with Crippen LogP contribution in [0.15, 0.2) is 83.8 Å². The van der Waals surface area contributed by atoms with E-state index in [0.717, 1.165) is 16.9 Å². The third kappa shape index (κ3) is 4.03. The van der Waals surface area contributed by atoms with Crippen LogP contribution in [0.1, 0.15) is 22.8 Å². The Morgan fingerprint density at radius 1 is 0.848 bits per heavy atom. The van der Waals surface area contributed by atoms with Crippen molar-refractivity contribution >= 4 is 27.3 Å². The van der Waals surface area contributed by atoms with Gasteiger partial charge in [0.05, 0.1) is 4.90 Å². The fraction of sp³-hybridized carbons (Fsp3) is 0.269. The topological polar surface area (TPSA) is 60.9 Å². The quantitative estimate of drug-likeness (QED) is 0.593. The number of rotatable bonds is 4. The molecule has 0 radical (unpaired) electrons. The van der Waals surface area contributed by atoms with E-state index in [9.17, 15) is 13.2 Å². The molecule has 1 amide bonds. The zero-order valence-electron chi connectivity index (χ0n) is 18.6. The third-order valence-corrected chi connectivity index (χ3v) is 8.40. The Kier molecular flexibility index (Phi) is 5.68. The van der Waals surface area contributed by atoms with E-state index in [4.69, 9.17) is 0 Å². The molecule has 0 aliphatic carbocycles. The standard InChI is InChI=1S/C26H27N3O3S/c1-20-18-22-19-24(12-13-25(22)29(20)26(30)21-8-4-2-5-9-21)33(31,32)28-16-14-27(15-17-28)23-10-6-3-7-11-23/h2-13,19-20H,14-18H2,1H3/t20-/m0/s1. The predicted octanol–water partition coefficient (Wildman–Crippen LogP) is 3.79. The lowest BCUT2D eigenvalue weighted by molar-refractivity contribution is 0.0981. The number of fused-ring (bicyclic) bond motifs is 1. The number of nitrogens with zero attached hydrogens (tertiary/aromatic N) is 3. The first-order valence-corrected chi connectivity index (χ1v) is 12.7. The Morgan fingerprint density at radius 3 is 2.15 bits per heavy atom. The summed E-state index contributed by atoms with van der Waals surface area (Å²) in [7, 11) is -3.59. The fourth-order valence-corrected chi connectivity index (χ4v) is 6.25. The lowest BCUT2D eigenvalue weighted by Gasteiger charge is -2.35. The van der Waals surface area contributed by atoms with Crippen LogP contribution in [0.25, 0.3) is 0 Å². The van der Waals surface area contributed by atoms with Gasteiger partial charge in [-0.25, -0.2) is 8.42 Å². The van der Waals surface area contributed by atoms with Crippen LogP contribution in [-0.4, -0.2) is 50.9 Å². The number of para-hydroxylation sites is 1. The van der Waals surface area contributed by atoms with E-state index in [1.54, 1.807) is 39.5 Å². The highest BCUT2D eigenvalue weighted by Crippen LogP contribution is 2.35. The molecule has 0 aromatic heterocycles. The number of piperazine rings is 1. The summed E-state index contributed by atoms with van der Waals surface area (Å²) in [6.07, 6.45) is 0.638. The summed E-state index contributed by atoms with van der Waals surface area (Å²) >= 11 is 0. The SMILES string of the molecule is C[C@H]1Cc2cc(S(=O)(=O)N3CCN(c4ccccc4)CC3)ccc2N1C(=O)c1ccccc1. The van der Waals surface area contributed by atoms with Gasteiger partial charge in [0.1, 0.15) is 0 Å². The molecule has 7 heteroatoms. The zero-order valence-corrected chi connectivity index (χ0v) is 19.4. The van der Waals surface area contributed by atoms with E-state index in [1.165, 1.54) is 0 Å². The second kappa shape index (κ2) is 8.65. The Bertz CT molecular complexity index is 1250. The molecule has 0 N–H and O–H groups in total. The molecule has 2 heterocycles. The molecule has 0 unspecified atom stereocenters.